The highest BCUT2D eigenvalue weighted by Gasteiger charge is 2.16. The van der Waals surface area contributed by atoms with Gasteiger partial charge in [0.1, 0.15) is 5.82 Å². The van der Waals surface area contributed by atoms with E-state index in [-0.39, 0.29) is 30.9 Å². The lowest BCUT2D eigenvalue weighted by Crippen LogP contribution is -2.38. The summed E-state index contributed by atoms with van der Waals surface area (Å²) in [5, 5.41) is 2.64. The van der Waals surface area contributed by atoms with Gasteiger partial charge in [0.25, 0.3) is 0 Å². The van der Waals surface area contributed by atoms with Crippen LogP contribution in [-0.2, 0) is 4.79 Å². The van der Waals surface area contributed by atoms with Gasteiger partial charge in [-0.05, 0) is 31.2 Å². The number of nitrogens with one attached hydrogen (secondary N) is 1. The van der Waals surface area contributed by atoms with E-state index in [2.05, 4.69) is 11.2 Å². The number of nitrogens with zero attached hydrogens (tertiary/aromatic N) is 1. The summed E-state index contributed by atoms with van der Waals surface area (Å²) in [7, 11) is 0. The van der Waals surface area contributed by atoms with E-state index in [1.165, 1.54) is 12.1 Å². The van der Waals surface area contributed by atoms with Crippen LogP contribution >= 0.6 is 0 Å². The summed E-state index contributed by atoms with van der Waals surface area (Å²) in [6.45, 7) is 5.21. The first-order valence-electron chi connectivity index (χ1n) is 6.28. The number of hydrogen-bond acceptors (Lipinski definition) is 2. The number of rotatable bonds is 6. The molecular weight excluding hydrogens is 243 g/mol. The van der Waals surface area contributed by atoms with Gasteiger partial charge in [0.2, 0.25) is 5.91 Å². The van der Waals surface area contributed by atoms with Gasteiger partial charge in [-0.15, -0.1) is 6.42 Å². The molecule has 0 aliphatic heterocycles. The normalized spacial score (nSPS) is 11.9. The third kappa shape index (κ3) is 4.72. The predicted molar refractivity (Wildman–Crippen MR) is 73.9 cm³/mol. The molecule has 0 radical (unpaired) electrons. The molecule has 0 aliphatic carbocycles. The maximum Gasteiger partial charge on any atom is 0.234 e. The molecule has 4 heteroatoms. The van der Waals surface area contributed by atoms with E-state index in [9.17, 15) is 9.18 Å². The van der Waals surface area contributed by atoms with Gasteiger partial charge < -0.3 is 5.32 Å². The van der Waals surface area contributed by atoms with Crippen LogP contribution in [0, 0.1) is 18.2 Å². The lowest BCUT2D eigenvalue weighted by Gasteiger charge is -2.27. The molecule has 1 atom stereocenters. The van der Waals surface area contributed by atoms with Gasteiger partial charge >= 0.3 is 0 Å². The van der Waals surface area contributed by atoms with Crippen molar-refractivity contribution < 1.29 is 9.18 Å². The average molecular weight is 262 g/mol. The van der Waals surface area contributed by atoms with E-state index in [0.717, 1.165) is 12.1 Å². The first kappa shape index (κ1) is 15.2. The van der Waals surface area contributed by atoms with Gasteiger partial charge in [0.05, 0.1) is 13.1 Å². The van der Waals surface area contributed by atoms with E-state index in [1.54, 1.807) is 12.1 Å². The van der Waals surface area contributed by atoms with Crippen molar-refractivity contribution in [3.63, 3.8) is 0 Å². The fourth-order valence-electron chi connectivity index (χ4n) is 1.86. The van der Waals surface area contributed by atoms with Crippen LogP contribution in [0.1, 0.15) is 25.5 Å². The van der Waals surface area contributed by atoms with Crippen LogP contribution in [0.15, 0.2) is 24.3 Å². The molecule has 1 aromatic carbocycles. The van der Waals surface area contributed by atoms with E-state index >= 15 is 0 Å². The molecule has 3 nitrogen and oxygen atoms in total. The van der Waals surface area contributed by atoms with Gasteiger partial charge in [0, 0.05) is 6.04 Å². The third-order valence-corrected chi connectivity index (χ3v) is 3.04. The number of carbonyl (C=O) groups excluding carboxylic acids is 1. The number of hydrogen-bond donors (Lipinski definition) is 1. The van der Waals surface area contributed by atoms with Crippen molar-refractivity contribution in [2.24, 2.45) is 0 Å². The minimum absolute atomic E-state index is 0.0437. The summed E-state index contributed by atoms with van der Waals surface area (Å²) < 4.78 is 12.9. The molecule has 0 saturated heterocycles. The molecule has 1 amide bonds. The Hall–Kier alpha value is -1.86. The monoisotopic (exact) mass is 262 g/mol. The number of carbonyl (C=O) groups is 1. The second-order valence-corrected chi connectivity index (χ2v) is 4.27. The maximum atomic E-state index is 12.9. The lowest BCUT2D eigenvalue weighted by molar-refractivity contribution is -0.122. The summed E-state index contributed by atoms with van der Waals surface area (Å²) in [6.07, 6.45) is 5.09. The van der Waals surface area contributed by atoms with Crippen molar-refractivity contribution in [3.8, 4) is 12.3 Å². The number of terminal acetylenes is 1. The average Bonchev–Trinajstić information content (AvgIpc) is 2.42. The van der Waals surface area contributed by atoms with Gasteiger partial charge in [-0.25, -0.2) is 4.39 Å². The van der Waals surface area contributed by atoms with Crippen molar-refractivity contribution in [3.05, 3.63) is 35.6 Å². The number of likely N-dealkylation sites (N-methyl/N-ethyl adjacent to an activating group) is 1. The Morgan fingerprint density at radius 3 is 2.63 bits per heavy atom. The highest BCUT2D eigenvalue weighted by atomic mass is 19.1. The van der Waals surface area contributed by atoms with E-state index in [4.69, 9.17) is 6.42 Å². The summed E-state index contributed by atoms with van der Waals surface area (Å²) in [4.78, 5) is 13.7. The topological polar surface area (TPSA) is 32.3 Å². The molecule has 0 heterocycles. The van der Waals surface area contributed by atoms with Crippen LogP contribution in [0.4, 0.5) is 4.39 Å². The van der Waals surface area contributed by atoms with Crippen LogP contribution in [0.25, 0.3) is 0 Å². The molecule has 102 valence electrons. The first-order chi connectivity index (χ1) is 9.08. The largest absolute Gasteiger partial charge is 0.344 e. The zero-order chi connectivity index (χ0) is 14.3. The van der Waals surface area contributed by atoms with Gasteiger partial charge in [-0.2, -0.15) is 0 Å². The predicted octanol–water partition coefficient (Wildman–Crippen LogP) is 1.96. The summed E-state index contributed by atoms with van der Waals surface area (Å²) in [5.41, 5.74) is 0.980. The molecule has 1 rings (SSSR count). The van der Waals surface area contributed by atoms with E-state index < -0.39 is 0 Å². The van der Waals surface area contributed by atoms with Crippen LogP contribution in [0.5, 0.6) is 0 Å². The highest BCUT2D eigenvalue weighted by Crippen LogP contribution is 2.19. The SMILES string of the molecule is C#CCNC(=O)CN(CC)[C@@H](C)c1ccc(F)cc1. The molecule has 1 aromatic rings. The van der Waals surface area contributed by atoms with Crippen molar-refractivity contribution in [1.29, 1.82) is 0 Å². The summed E-state index contributed by atoms with van der Waals surface area (Å²) >= 11 is 0. The van der Waals surface area contributed by atoms with Crippen molar-refractivity contribution in [2.45, 2.75) is 19.9 Å². The smallest absolute Gasteiger partial charge is 0.234 e. The van der Waals surface area contributed by atoms with Crippen LogP contribution < -0.4 is 5.32 Å². The lowest BCUT2D eigenvalue weighted by atomic mass is 10.1. The Morgan fingerprint density at radius 2 is 2.11 bits per heavy atom. The zero-order valence-corrected chi connectivity index (χ0v) is 11.3. The van der Waals surface area contributed by atoms with Crippen LogP contribution in [-0.4, -0.2) is 30.4 Å². The zero-order valence-electron chi connectivity index (χ0n) is 11.3. The highest BCUT2D eigenvalue weighted by molar-refractivity contribution is 5.78. The Labute approximate surface area is 113 Å². The van der Waals surface area contributed by atoms with E-state index in [0.29, 0.717) is 0 Å². The molecule has 0 aliphatic rings. The minimum Gasteiger partial charge on any atom is -0.344 e. The Kier molecular flexibility index (Phi) is 6.04. The minimum atomic E-state index is -0.259. The maximum absolute atomic E-state index is 12.9. The number of amides is 1. The second-order valence-electron chi connectivity index (χ2n) is 4.27. The third-order valence-electron chi connectivity index (χ3n) is 3.04. The van der Waals surface area contributed by atoms with Gasteiger partial charge in [-0.1, -0.05) is 25.0 Å². The van der Waals surface area contributed by atoms with E-state index in [1.807, 2.05) is 18.7 Å². The van der Waals surface area contributed by atoms with Gasteiger partial charge in [-0.3, -0.25) is 9.69 Å². The molecule has 19 heavy (non-hydrogen) atoms. The Morgan fingerprint density at radius 1 is 1.47 bits per heavy atom. The molecule has 1 N–H and O–H groups in total. The molecule has 0 saturated carbocycles. The summed E-state index contributed by atoms with van der Waals surface area (Å²) in [5.74, 6) is 2.00. The quantitative estimate of drug-likeness (QED) is 0.795. The Balaban J connectivity index is 2.66. The van der Waals surface area contributed by atoms with Crippen molar-refractivity contribution >= 4 is 5.91 Å². The molecule has 0 spiro atoms. The first-order valence-corrected chi connectivity index (χ1v) is 6.28. The Bertz CT molecular complexity index is 450. The number of halogens is 1. The van der Waals surface area contributed by atoms with Crippen LogP contribution in [0.2, 0.25) is 0 Å². The molecule has 0 aromatic heterocycles. The molecule has 0 fully saturated rings. The number of benzene rings is 1. The van der Waals surface area contributed by atoms with Crippen LogP contribution in [0.3, 0.4) is 0 Å². The van der Waals surface area contributed by atoms with Crippen molar-refractivity contribution in [2.75, 3.05) is 19.6 Å². The summed E-state index contributed by atoms with van der Waals surface area (Å²) in [6, 6.07) is 6.38. The fraction of sp³-hybridized carbons (Fsp3) is 0.400. The molecular formula is C15H19FN2O. The van der Waals surface area contributed by atoms with Gasteiger partial charge in [0.15, 0.2) is 0 Å². The fourth-order valence-corrected chi connectivity index (χ4v) is 1.86. The standard InChI is InChI=1S/C15H19FN2O/c1-4-10-17-15(19)11-18(5-2)12(3)13-6-8-14(16)9-7-13/h1,6-9,12H,5,10-11H2,2-3H3,(H,17,19)/t12-/m0/s1. The van der Waals surface area contributed by atoms with Crippen molar-refractivity contribution in [1.82, 2.24) is 10.2 Å². The second kappa shape index (κ2) is 7.55. The molecule has 0 unspecified atom stereocenters. The molecule has 0 bridgehead atoms.